The van der Waals surface area contributed by atoms with Crippen molar-refractivity contribution in [3.8, 4) is 0 Å². The van der Waals surface area contributed by atoms with Crippen LogP contribution in [0.1, 0.15) is 57.7 Å². The van der Waals surface area contributed by atoms with E-state index >= 15 is 0 Å². The van der Waals surface area contributed by atoms with E-state index in [1.165, 1.54) is 37.8 Å². The Morgan fingerprint density at radius 3 is 2.90 bits per heavy atom. The van der Waals surface area contributed by atoms with Gasteiger partial charge < -0.3 is 5.32 Å². The first-order valence-electron chi connectivity index (χ1n) is 8.27. The van der Waals surface area contributed by atoms with E-state index in [1.807, 2.05) is 0 Å². The fourth-order valence-corrected chi connectivity index (χ4v) is 3.67. The van der Waals surface area contributed by atoms with Crippen LogP contribution in [0, 0.1) is 0 Å². The van der Waals surface area contributed by atoms with Gasteiger partial charge in [0.15, 0.2) is 0 Å². The molecule has 1 aliphatic carbocycles. The first-order chi connectivity index (χ1) is 9.76. The van der Waals surface area contributed by atoms with Gasteiger partial charge in [0.2, 0.25) is 0 Å². The van der Waals surface area contributed by atoms with E-state index in [0.29, 0.717) is 18.1 Å². The van der Waals surface area contributed by atoms with Crippen molar-refractivity contribution in [1.29, 1.82) is 0 Å². The topological polar surface area (TPSA) is 33.1 Å². The maximum Gasteiger partial charge on any atom is 0.0765 e. The van der Waals surface area contributed by atoms with Gasteiger partial charge in [0.05, 0.1) is 11.7 Å². The lowest BCUT2D eigenvalue weighted by atomic mass is 10.1. The maximum absolute atomic E-state index is 4.83. The van der Waals surface area contributed by atoms with Crippen molar-refractivity contribution in [2.45, 2.75) is 70.6 Å². The van der Waals surface area contributed by atoms with Crippen LogP contribution in [0.5, 0.6) is 0 Å². The van der Waals surface area contributed by atoms with Gasteiger partial charge in [-0.2, -0.15) is 5.10 Å². The number of aromatic nitrogens is 2. The summed E-state index contributed by atoms with van der Waals surface area (Å²) in [5.74, 6) is 0. The Bertz CT molecular complexity index is 422. The molecule has 0 bridgehead atoms. The molecular weight excluding hydrogens is 248 g/mol. The summed E-state index contributed by atoms with van der Waals surface area (Å²) in [6.07, 6.45) is 8.76. The van der Waals surface area contributed by atoms with Crippen molar-refractivity contribution < 1.29 is 0 Å². The quantitative estimate of drug-likeness (QED) is 0.917. The van der Waals surface area contributed by atoms with Crippen LogP contribution < -0.4 is 5.32 Å². The zero-order valence-electron chi connectivity index (χ0n) is 12.9. The molecule has 2 fully saturated rings. The number of piperazine rings is 1. The minimum Gasteiger partial charge on any atom is -0.311 e. The average molecular weight is 276 g/mol. The molecule has 2 unspecified atom stereocenters. The molecule has 4 heteroatoms. The Balaban J connectivity index is 1.64. The Morgan fingerprint density at radius 2 is 2.15 bits per heavy atom. The molecule has 1 aromatic heterocycles. The molecule has 0 radical (unpaired) electrons. The predicted octanol–water partition coefficient (Wildman–Crippen LogP) is 2.57. The molecule has 0 spiro atoms. The molecule has 2 aliphatic rings. The number of hydrogen-bond donors (Lipinski definition) is 1. The minimum atomic E-state index is 0.592. The summed E-state index contributed by atoms with van der Waals surface area (Å²) in [5.41, 5.74) is 1.24. The van der Waals surface area contributed by atoms with Crippen LogP contribution in [0.4, 0.5) is 0 Å². The molecular formula is C16H28N4. The highest BCUT2D eigenvalue weighted by Crippen LogP contribution is 2.28. The highest BCUT2D eigenvalue weighted by atomic mass is 15.3. The Labute approximate surface area is 122 Å². The summed E-state index contributed by atoms with van der Waals surface area (Å²) < 4.78 is 2.22. The summed E-state index contributed by atoms with van der Waals surface area (Å²) in [6.45, 7) is 7.81. The van der Waals surface area contributed by atoms with Crippen LogP contribution in [-0.2, 0) is 6.54 Å². The van der Waals surface area contributed by atoms with E-state index in [2.05, 4.69) is 41.0 Å². The van der Waals surface area contributed by atoms with Gasteiger partial charge in [-0.05, 0) is 32.3 Å². The zero-order chi connectivity index (χ0) is 13.9. The van der Waals surface area contributed by atoms with E-state index in [4.69, 9.17) is 5.10 Å². The van der Waals surface area contributed by atoms with E-state index < -0.39 is 0 Å². The van der Waals surface area contributed by atoms with Gasteiger partial charge >= 0.3 is 0 Å². The molecule has 1 saturated heterocycles. The summed E-state index contributed by atoms with van der Waals surface area (Å²) >= 11 is 0. The smallest absolute Gasteiger partial charge is 0.0765 e. The molecule has 4 nitrogen and oxygen atoms in total. The summed E-state index contributed by atoms with van der Waals surface area (Å²) in [4.78, 5) is 2.60. The highest BCUT2D eigenvalue weighted by molar-refractivity contribution is 5.01. The van der Waals surface area contributed by atoms with Crippen molar-refractivity contribution in [3.05, 3.63) is 18.0 Å². The fourth-order valence-electron chi connectivity index (χ4n) is 3.67. The molecule has 112 valence electrons. The highest BCUT2D eigenvalue weighted by Gasteiger charge is 2.25. The third kappa shape index (κ3) is 3.07. The Morgan fingerprint density at radius 1 is 1.35 bits per heavy atom. The predicted molar refractivity (Wildman–Crippen MR) is 81.7 cm³/mol. The van der Waals surface area contributed by atoms with Gasteiger partial charge in [-0.25, -0.2) is 0 Å². The maximum atomic E-state index is 4.83. The number of nitrogens with zero attached hydrogens (tertiary/aromatic N) is 3. The number of nitrogens with one attached hydrogen (secondary N) is 1. The normalized spacial score (nSPS) is 29.1. The van der Waals surface area contributed by atoms with Gasteiger partial charge in [0.1, 0.15) is 0 Å². The van der Waals surface area contributed by atoms with Crippen molar-refractivity contribution in [3.63, 3.8) is 0 Å². The van der Waals surface area contributed by atoms with Crippen LogP contribution in [0.3, 0.4) is 0 Å². The summed E-state index contributed by atoms with van der Waals surface area (Å²) in [5, 5.41) is 8.42. The number of rotatable bonds is 4. The van der Waals surface area contributed by atoms with Crippen molar-refractivity contribution in [1.82, 2.24) is 20.0 Å². The third-order valence-corrected chi connectivity index (χ3v) is 4.93. The minimum absolute atomic E-state index is 0.592. The SMILES string of the molecule is CCC1CNC(C)CN1Cc1ccn(C2CCCC2)n1. The summed E-state index contributed by atoms with van der Waals surface area (Å²) in [7, 11) is 0. The molecule has 1 N–H and O–H groups in total. The second-order valence-corrected chi connectivity index (χ2v) is 6.53. The van der Waals surface area contributed by atoms with Crippen LogP contribution in [-0.4, -0.2) is 39.9 Å². The molecule has 1 saturated carbocycles. The van der Waals surface area contributed by atoms with E-state index in [0.717, 1.165) is 19.6 Å². The van der Waals surface area contributed by atoms with E-state index in [-0.39, 0.29) is 0 Å². The number of hydrogen-bond acceptors (Lipinski definition) is 3. The fraction of sp³-hybridized carbons (Fsp3) is 0.812. The molecule has 0 aromatic carbocycles. The largest absolute Gasteiger partial charge is 0.311 e. The molecule has 1 aliphatic heterocycles. The monoisotopic (exact) mass is 276 g/mol. The van der Waals surface area contributed by atoms with Crippen molar-refractivity contribution in [2.24, 2.45) is 0 Å². The van der Waals surface area contributed by atoms with Crippen LogP contribution >= 0.6 is 0 Å². The Kier molecular flexibility index (Phi) is 4.41. The van der Waals surface area contributed by atoms with Gasteiger partial charge in [0.25, 0.3) is 0 Å². The average Bonchev–Trinajstić information content (AvgIpc) is 3.09. The molecule has 2 atom stereocenters. The first kappa shape index (κ1) is 14.1. The lowest BCUT2D eigenvalue weighted by molar-refractivity contribution is 0.122. The molecule has 0 amide bonds. The van der Waals surface area contributed by atoms with Crippen LogP contribution in [0.25, 0.3) is 0 Å². The van der Waals surface area contributed by atoms with Crippen molar-refractivity contribution >= 4 is 0 Å². The van der Waals surface area contributed by atoms with Crippen molar-refractivity contribution in [2.75, 3.05) is 13.1 Å². The molecule has 2 heterocycles. The van der Waals surface area contributed by atoms with Gasteiger partial charge in [-0.1, -0.05) is 19.8 Å². The zero-order valence-corrected chi connectivity index (χ0v) is 12.9. The second-order valence-electron chi connectivity index (χ2n) is 6.53. The summed E-state index contributed by atoms with van der Waals surface area (Å²) in [6, 6.07) is 4.13. The van der Waals surface area contributed by atoms with E-state index in [9.17, 15) is 0 Å². The van der Waals surface area contributed by atoms with E-state index in [1.54, 1.807) is 0 Å². The third-order valence-electron chi connectivity index (χ3n) is 4.93. The lowest BCUT2D eigenvalue weighted by Gasteiger charge is -2.38. The molecule has 3 rings (SSSR count). The Hall–Kier alpha value is -0.870. The van der Waals surface area contributed by atoms with Crippen LogP contribution in [0.15, 0.2) is 12.3 Å². The lowest BCUT2D eigenvalue weighted by Crippen LogP contribution is -2.54. The first-order valence-corrected chi connectivity index (χ1v) is 8.27. The standard InChI is InChI=1S/C16H28N4/c1-3-15-10-17-13(2)11-19(15)12-14-8-9-20(18-14)16-6-4-5-7-16/h8-9,13,15-17H,3-7,10-12H2,1-2H3. The van der Waals surface area contributed by atoms with Gasteiger partial charge in [-0.3, -0.25) is 9.58 Å². The second kappa shape index (κ2) is 6.27. The van der Waals surface area contributed by atoms with Gasteiger partial charge in [-0.15, -0.1) is 0 Å². The molecule has 20 heavy (non-hydrogen) atoms. The molecule has 1 aromatic rings. The van der Waals surface area contributed by atoms with Gasteiger partial charge in [0, 0.05) is 37.9 Å². The van der Waals surface area contributed by atoms with Crippen LogP contribution in [0.2, 0.25) is 0 Å².